The summed E-state index contributed by atoms with van der Waals surface area (Å²) in [5, 5.41) is 2.88. The van der Waals surface area contributed by atoms with Crippen molar-refractivity contribution in [1.29, 1.82) is 0 Å². The predicted octanol–water partition coefficient (Wildman–Crippen LogP) is 2.60. The van der Waals surface area contributed by atoms with E-state index in [9.17, 15) is 21.6 Å². The predicted molar refractivity (Wildman–Crippen MR) is 142 cm³/mol. The molecule has 12 heteroatoms. The lowest BCUT2D eigenvalue weighted by Gasteiger charge is -2.31. The number of methoxy groups -OCH3 is 2. The number of hydrogen-bond donors (Lipinski definition) is 1. The van der Waals surface area contributed by atoms with Gasteiger partial charge in [-0.05, 0) is 55.5 Å². The van der Waals surface area contributed by atoms with Gasteiger partial charge in [0.05, 0.1) is 29.9 Å². The Morgan fingerprint density at radius 3 is 2.08 bits per heavy atom. The highest BCUT2D eigenvalue weighted by Gasteiger charge is 2.34. The Kier molecular flexibility index (Phi) is 8.96. The molecule has 38 heavy (non-hydrogen) atoms. The standard InChI is InChI=1S/C26H35N3O7S2/c1-35-24-13-12-23(17-25(24)36-2)38(33,34)29-16-6-7-21(19-29)26(30)27-18-20-8-10-22(11-9-20)37(31,32)28-14-4-3-5-15-28/h8-13,17,21H,3-7,14-16,18-19H2,1-2H3,(H,27,30)/t21-/m0/s1. The minimum Gasteiger partial charge on any atom is -0.493 e. The van der Waals surface area contributed by atoms with E-state index in [2.05, 4.69) is 5.32 Å². The Morgan fingerprint density at radius 2 is 1.42 bits per heavy atom. The molecule has 2 aromatic rings. The monoisotopic (exact) mass is 565 g/mol. The van der Waals surface area contributed by atoms with Gasteiger partial charge in [-0.25, -0.2) is 16.8 Å². The van der Waals surface area contributed by atoms with Crippen LogP contribution < -0.4 is 14.8 Å². The van der Waals surface area contributed by atoms with Crippen molar-refractivity contribution in [2.24, 2.45) is 5.92 Å². The summed E-state index contributed by atoms with van der Waals surface area (Å²) in [7, 11) is -4.42. The molecular weight excluding hydrogens is 530 g/mol. The van der Waals surface area contributed by atoms with Crippen LogP contribution in [0.3, 0.4) is 0 Å². The van der Waals surface area contributed by atoms with Crippen LogP contribution in [0.4, 0.5) is 0 Å². The van der Waals surface area contributed by atoms with Gasteiger partial charge in [0, 0.05) is 38.8 Å². The summed E-state index contributed by atoms with van der Waals surface area (Å²) in [6.45, 7) is 1.71. The third kappa shape index (κ3) is 6.14. The van der Waals surface area contributed by atoms with E-state index < -0.39 is 26.0 Å². The lowest BCUT2D eigenvalue weighted by atomic mass is 9.99. The maximum absolute atomic E-state index is 13.3. The van der Waals surface area contributed by atoms with Crippen LogP contribution in [0, 0.1) is 5.92 Å². The summed E-state index contributed by atoms with van der Waals surface area (Å²) in [4.78, 5) is 13.3. The van der Waals surface area contributed by atoms with E-state index in [0.29, 0.717) is 44.0 Å². The summed E-state index contributed by atoms with van der Waals surface area (Å²) in [5.74, 6) is 0.0220. The zero-order valence-electron chi connectivity index (χ0n) is 21.8. The molecule has 2 fully saturated rings. The number of piperidine rings is 2. The van der Waals surface area contributed by atoms with Gasteiger partial charge in [-0.1, -0.05) is 18.6 Å². The molecule has 2 aromatic carbocycles. The second kappa shape index (κ2) is 12.0. The average molecular weight is 566 g/mol. The quantitative estimate of drug-likeness (QED) is 0.496. The third-order valence-corrected chi connectivity index (χ3v) is 10.9. The van der Waals surface area contributed by atoms with Gasteiger partial charge >= 0.3 is 0 Å². The summed E-state index contributed by atoms with van der Waals surface area (Å²) in [6, 6.07) is 11.0. The van der Waals surface area contributed by atoms with Crippen LogP contribution in [-0.2, 0) is 31.4 Å². The van der Waals surface area contributed by atoms with Gasteiger partial charge in [0.1, 0.15) is 0 Å². The maximum Gasteiger partial charge on any atom is 0.243 e. The number of ether oxygens (including phenoxy) is 2. The van der Waals surface area contributed by atoms with Gasteiger partial charge < -0.3 is 14.8 Å². The van der Waals surface area contributed by atoms with Crippen LogP contribution in [0.2, 0.25) is 0 Å². The molecule has 2 saturated heterocycles. The van der Waals surface area contributed by atoms with Crippen molar-refractivity contribution in [1.82, 2.24) is 13.9 Å². The first-order chi connectivity index (χ1) is 18.2. The van der Waals surface area contributed by atoms with E-state index in [4.69, 9.17) is 9.47 Å². The van der Waals surface area contributed by atoms with Crippen LogP contribution in [-0.4, -0.2) is 71.8 Å². The molecule has 0 spiro atoms. The largest absolute Gasteiger partial charge is 0.493 e. The number of carbonyl (C=O) groups excluding carboxylic acids is 1. The molecule has 2 aliphatic heterocycles. The molecule has 2 heterocycles. The van der Waals surface area contributed by atoms with Crippen molar-refractivity contribution in [3.05, 3.63) is 48.0 Å². The fourth-order valence-electron chi connectivity index (χ4n) is 4.87. The molecule has 2 aliphatic rings. The molecule has 0 radical (unpaired) electrons. The van der Waals surface area contributed by atoms with Gasteiger partial charge in [-0.3, -0.25) is 4.79 Å². The average Bonchev–Trinajstić information content (AvgIpc) is 2.96. The molecule has 208 valence electrons. The number of nitrogens with one attached hydrogen (secondary N) is 1. The number of hydrogen-bond acceptors (Lipinski definition) is 7. The summed E-state index contributed by atoms with van der Waals surface area (Å²) < 4.78 is 65.5. The summed E-state index contributed by atoms with van der Waals surface area (Å²) in [5.41, 5.74) is 0.765. The van der Waals surface area contributed by atoms with E-state index in [-0.39, 0.29) is 28.8 Å². The molecular formula is C26H35N3O7S2. The fraction of sp³-hybridized carbons (Fsp3) is 0.500. The Hall–Kier alpha value is -2.67. The van der Waals surface area contributed by atoms with E-state index in [0.717, 1.165) is 24.8 Å². The molecule has 10 nitrogen and oxygen atoms in total. The second-order valence-electron chi connectivity index (χ2n) is 9.55. The zero-order valence-corrected chi connectivity index (χ0v) is 23.4. The van der Waals surface area contributed by atoms with Crippen molar-refractivity contribution < 1.29 is 31.1 Å². The van der Waals surface area contributed by atoms with Crippen molar-refractivity contribution >= 4 is 26.0 Å². The van der Waals surface area contributed by atoms with Gasteiger partial charge in [-0.15, -0.1) is 0 Å². The van der Waals surface area contributed by atoms with Crippen LogP contribution in [0.1, 0.15) is 37.7 Å². The van der Waals surface area contributed by atoms with Crippen molar-refractivity contribution in [3.63, 3.8) is 0 Å². The van der Waals surface area contributed by atoms with Crippen molar-refractivity contribution in [2.45, 2.75) is 48.4 Å². The van der Waals surface area contributed by atoms with Gasteiger partial charge in [0.15, 0.2) is 11.5 Å². The van der Waals surface area contributed by atoms with E-state index in [1.807, 2.05) is 0 Å². The van der Waals surface area contributed by atoms with Crippen molar-refractivity contribution in [2.75, 3.05) is 40.4 Å². The van der Waals surface area contributed by atoms with Crippen LogP contribution in [0.15, 0.2) is 52.3 Å². The van der Waals surface area contributed by atoms with Crippen LogP contribution in [0.25, 0.3) is 0 Å². The van der Waals surface area contributed by atoms with E-state index >= 15 is 0 Å². The normalized spacial score (nSPS) is 19.6. The molecule has 0 aliphatic carbocycles. The maximum atomic E-state index is 13.3. The van der Waals surface area contributed by atoms with Crippen molar-refractivity contribution in [3.8, 4) is 11.5 Å². The molecule has 1 atom stereocenters. The Bertz CT molecular complexity index is 1340. The number of nitrogens with zero attached hydrogens (tertiary/aromatic N) is 2. The molecule has 1 amide bonds. The Morgan fingerprint density at radius 1 is 0.816 bits per heavy atom. The SMILES string of the molecule is COc1ccc(S(=O)(=O)N2CCC[C@H](C(=O)NCc3ccc(S(=O)(=O)N4CCCCC4)cc3)C2)cc1OC. The number of rotatable bonds is 9. The van der Waals surface area contributed by atoms with E-state index in [1.54, 1.807) is 30.3 Å². The summed E-state index contributed by atoms with van der Waals surface area (Å²) >= 11 is 0. The number of amides is 1. The Balaban J connectivity index is 1.36. The lowest BCUT2D eigenvalue weighted by Crippen LogP contribution is -2.45. The minimum atomic E-state index is -3.82. The first-order valence-electron chi connectivity index (χ1n) is 12.8. The third-order valence-electron chi connectivity index (χ3n) is 7.09. The molecule has 1 N–H and O–H groups in total. The smallest absolute Gasteiger partial charge is 0.243 e. The molecule has 0 bridgehead atoms. The fourth-order valence-corrected chi connectivity index (χ4v) is 7.92. The Labute approximate surface area is 225 Å². The van der Waals surface area contributed by atoms with Gasteiger partial charge in [-0.2, -0.15) is 8.61 Å². The topological polar surface area (TPSA) is 122 Å². The lowest BCUT2D eigenvalue weighted by molar-refractivity contribution is -0.126. The highest BCUT2D eigenvalue weighted by atomic mass is 32.2. The highest BCUT2D eigenvalue weighted by Crippen LogP contribution is 2.32. The van der Waals surface area contributed by atoms with Gasteiger partial charge in [0.25, 0.3) is 0 Å². The zero-order chi connectivity index (χ0) is 27.3. The van der Waals surface area contributed by atoms with Crippen LogP contribution in [0.5, 0.6) is 11.5 Å². The molecule has 4 rings (SSSR count). The number of sulfonamides is 2. The number of carbonyl (C=O) groups is 1. The highest BCUT2D eigenvalue weighted by molar-refractivity contribution is 7.89. The minimum absolute atomic E-state index is 0.0789. The first-order valence-corrected chi connectivity index (χ1v) is 15.6. The summed E-state index contributed by atoms with van der Waals surface area (Å²) in [6.07, 6.45) is 3.94. The van der Waals surface area contributed by atoms with Gasteiger partial charge in [0.2, 0.25) is 26.0 Å². The number of benzene rings is 2. The molecule has 0 unspecified atom stereocenters. The van der Waals surface area contributed by atoms with E-state index in [1.165, 1.54) is 35.0 Å². The molecule has 0 saturated carbocycles. The second-order valence-corrected chi connectivity index (χ2v) is 13.4. The molecule has 0 aromatic heterocycles. The van der Waals surface area contributed by atoms with Crippen LogP contribution >= 0.6 is 0 Å². The first kappa shape index (κ1) is 28.3.